The normalized spacial score (nSPS) is 14.3. The van der Waals surface area contributed by atoms with E-state index in [1.807, 2.05) is 55.5 Å². The Morgan fingerprint density at radius 3 is 1.71 bits per heavy atom. The number of nitrogens with zero attached hydrogens (tertiary/aromatic N) is 13. The third-order valence-electron chi connectivity index (χ3n) is 13.0. The molecule has 0 aliphatic carbocycles. The summed E-state index contributed by atoms with van der Waals surface area (Å²) in [4.78, 5) is 68.2. The molecule has 0 bridgehead atoms. The number of halogens is 1. The highest BCUT2D eigenvalue weighted by molar-refractivity contribution is 14.0. The molecular formula is C50H56IN15O3S4. The van der Waals surface area contributed by atoms with Gasteiger partial charge in [-0.25, -0.2) is 48.3 Å². The van der Waals surface area contributed by atoms with Gasteiger partial charge in [0.15, 0.2) is 27.3 Å². The van der Waals surface area contributed by atoms with E-state index in [9.17, 15) is 14.4 Å². The van der Waals surface area contributed by atoms with E-state index in [1.54, 1.807) is 68.9 Å². The zero-order valence-electron chi connectivity index (χ0n) is 40.7. The van der Waals surface area contributed by atoms with Gasteiger partial charge in [-0.2, -0.15) is 27.7 Å². The van der Waals surface area contributed by atoms with Crippen LogP contribution < -0.4 is 26.9 Å². The summed E-state index contributed by atoms with van der Waals surface area (Å²) >= 11 is 6.05. The van der Waals surface area contributed by atoms with E-state index in [0.717, 1.165) is 30.2 Å². The van der Waals surface area contributed by atoms with Crippen molar-refractivity contribution in [2.75, 3.05) is 56.0 Å². The van der Waals surface area contributed by atoms with Crippen LogP contribution in [0.1, 0.15) is 25.7 Å². The van der Waals surface area contributed by atoms with Crippen molar-refractivity contribution in [3.8, 4) is 11.4 Å². The van der Waals surface area contributed by atoms with E-state index < -0.39 is 0 Å². The Balaban J connectivity index is 0.000000165. The molecule has 73 heavy (non-hydrogen) atoms. The van der Waals surface area contributed by atoms with E-state index >= 15 is 0 Å². The molecule has 2 saturated heterocycles. The van der Waals surface area contributed by atoms with Crippen molar-refractivity contribution in [2.24, 2.45) is 5.41 Å². The van der Waals surface area contributed by atoms with Crippen molar-refractivity contribution in [1.29, 1.82) is 0 Å². The van der Waals surface area contributed by atoms with Gasteiger partial charge in [0.2, 0.25) is 5.95 Å². The van der Waals surface area contributed by atoms with Gasteiger partial charge < -0.3 is 15.1 Å². The van der Waals surface area contributed by atoms with Crippen LogP contribution in [0.25, 0.3) is 44.5 Å². The van der Waals surface area contributed by atoms with E-state index in [4.69, 9.17) is 4.98 Å². The summed E-state index contributed by atoms with van der Waals surface area (Å²) in [5.74, 6) is 0.460. The van der Waals surface area contributed by atoms with Crippen LogP contribution in [0.15, 0.2) is 139 Å². The second kappa shape index (κ2) is 23.8. The second-order valence-corrected chi connectivity index (χ2v) is 20.5. The molecule has 10 heterocycles. The number of fused-ring (bicyclic) bond motifs is 3. The standard InChI is InChI=1S/C28H33N7OS.C13H12N4OS2.C9H10N4OS.HI/c1-3-13-34-26(36)24-19-29-27(31-25(24)35(34)23-8-18-37-20-23)30-21-4-6-22(7-5-21)33-16-11-28(12-17-33)9-14-32(2)15-10-28;1-3-5-16-12(18)10-7-14-13(19-2)15-11(10)17(16)9-4-6-20-8-9;1-3-4-13-8(14)6-5-10-9(15-2)11-7(6)12-13;/h3-8,18-20H,1,9-17H2,2H3,(H,29,30,31);3-4,6-8H,1,5H2,2H3;3,5H,1,4H2,2H3,(H,10,11,12);1H. The first kappa shape index (κ1) is 53.2. The molecule has 2 fully saturated rings. The smallest absolute Gasteiger partial charge is 0.278 e. The van der Waals surface area contributed by atoms with E-state index in [2.05, 4.69) is 96.2 Å². The number of thioether (sulfide) groups is 2. The van der Waals surface area contributed by atoms with Gasteiger partial charge >= 0.3 is 0 Å². The maximum atomic E-state index is 13.0. The monoisotopic (exact) mass is 1170 g/mol. The Bertz CT molecular complexity index is 3520. The number of H-pyrrole nitrogens is 1. The lowest BCUT2D eigenvalue weighted by Crippen LogP contribution is -2.46. The quantitative estimate of drug-likeness (QED) is 0.0482. The first-order valence-corrected chi connectivity index (χ1v) is 27.6. The predicted molar refractivity (Wildman–Crippen MR) is 310 cm³/mol. The highest BCUT2D eigenvalue weighted by Crippen LogP contribution is 2.42. The van der Waals surface area contributed by atoms with Gasteiger partial charge in [0, 0.05) is 53.8 Å². The maximum Gasteiger partial charge on any atom is 0.278 e. The molecule has 23 heteroatoms. The molecular weight excluding hydrogens is 1110 g/mol. The summed E-state index contributed by atoms with van der Waals surface area (Å²) in [6.45, 7) is 17.1. The third kappa shape index (κ3) is 11.4. The van der Waals surface area contributed by atoms with Crippen molar-refractivity contribution in [1.82, 2.24) is 63.3 Å². The fourth-order valence-corrected chi connectivity index (χ4v) is 11.0. The average Bonchev–Trinajstić information content (AvgIpc) is 4.27. The van der Waals surface area contributed by atoms with Gasteiger partial charge in [0.1, 0.15) is 16.2 Å². The number of nitrogens with one attached hydrogen (secondary N) is 2. The minimum Gasteiger partial charge on any atom is -0.371 e. The lowest BCUT2D eigenvalue weighted by Gasteiger charge is -2.46. The molecule has 1 spiro atoms. The number of hydrogen-bond acceptors (Lipinski definition) is 16. The van der Waals surface area contributed by atoms with Gasteiger partial charge in [-0.05, 0) is 111 Å². The van der Waals surface area contributed by atoms with Gasteiger partial charge in [0.25, 0.3) is 16.7 Å². The molecule has 11 rings (SSSR count). The minimum atomic E-state index is -0.124. The molecule has 2 aliphatic rings. The molecule has 8 aromatic heterocycles. The third-order valence-corrected chi connectivity index (χ3v) is 15.4. The number of likely N-dealkylation sites (tertiary alicyclic amines) is 1. The van der Waals surface area contributed by atoms with Gasteiger partial charge in [-0.1, -0.05) is 41.8 Å². The largest absolute Gasteiger partial charge is 0.371 e. The summed E-state index contributed by atoms with van der Waals surface area (Å²) in [5, 5.41) is 17.0. The fraction of sp³-hybridized carbons (Fsp3) is 0.300. The number of allylic oxidation sites excluding steroid dienone is 3. The first-order chi connectivity index (χ1) is 35.1. The number of piperidine rings is 2. The van der Waals surface area contributed by atoms with Crippen LogP contribution in [0.5, 0.6) is 0 Å². The first-order valence-electron chi connectivity index (χ1n) is 23.3. The maximum absolute atomic E-state index is 13.0. The molecule has 0 atom stereocenters. The number of benzene rings is 1. The Labute approximate surface area is 454 Å². The van der Waals surface area contributed by atoms with E-state index in [-0.39, 0.29) is 40.7 Å². The summed E-state index contributed by atoms with van der Waals surface area (Å²) < 4.78 is 8.40. The van der Waals surface area contributed by atoms with Gasteiger partial charge in [-0.15, -0.1) is 43.7 Å². The number of hydrogen-bond donors (Lipinski definition) is 2. The topological polar surface area (TPSA) is 188 Å². The van der Waals surface area contributed by atoms with E-state index in [1.165, 1.54) is 72.7 Å². The SMILES string of the molecule is C=CCn1[nH]c2nc(SC)ncc2c1=O.C=CCn1c(=O)c2cnc(Nc3ccc(N4CCC5(CCN(C)CC5)CC4)cc3)nc2n1-c1ccsc1.C=CCn1c(=O)c2cnc(SC)nc2n1-c1ccsc1.I. The Kier molecular flexibility index (Phi) is 17.4. The molecule has 2 N–H and O–H groups in total. The molecule has 0 radical (unpaired) electrons. The number of rotatable bonds is 13. The fourth-order valence-electron chi connectivity index (χ4n) is 9.06. The summed E-state index contributed by atoms with van der Waals surface area (Å²) in [5.41, 5.74) is 6.00. The van der Waals surface area contributed by atoms with Crippen molar-refractivity contribution in [3.63, 3.8) is 0 Å². The van der Waals surface area contributed by atoms with E-state index in [0.29, 0.717) is 74.4 Å². The molecule has 0 unspecified atom stereocenters. The lowest BCUT2D eigenvalue weighted by molar-refractivity contribution is 0.0945. The molecule has 0 saturated carbocycles. The Morgan fingerprint density at radius 2 is 1.18 bits per heavy atom. The predicted octanol–water partition coefficient (Wildman–Crippen LogP) is 9.08. The van der Waals surface area contributed by atoms with Gasteiger partial charge in [-0.3, -0.25) is 19.5 Å². The van der Waals surface area contributed by atoms with Crippen LogP contribution >= 0.6 is 70.2 Å². The van der Waals surface area contributed by atoms with Crippen molar-refractivity contribution >= 4 is 121 Å². The van der Waals surface area contributed by atoms with Crippen LogP contribution in [-0.2, 0) is 19.6 Å². The summed E-state index contributed by atoms with van der Waals surface area (Å²) in [7, 11) is 2.24. The zero-order chi connectivity index (χ0) is 50.4. The molecule has 0 amide bonds. The zero-order valence-corrected chi connectivity index (χ0v) is 46.3. The van der Waals surface area contributed by atoms with Crippen molar-refractivity contribution in [3.05, 3.63) is 146 Å². The molecule has 2 aliphatic heterocycles. The van der Waals surface area contributed by atoms with Crippen molar-refractivity contribution in [2.45, 2.75) is 55.6 Å². The number of thiophene rings is 2. The highest BCUT2D eigenvalue weighted by atomic mass is 127. The van der Waals surface area contributed by atoms with Crippen molar-refractivity contribution < 1.29 is 0 Å². The molecule has 9 aromatic rings. The number of aromatic nitrogens is 12. The number of anilines is 3. The lowest BCUT2D eigenvalue weighted by atomic mass is 9.71. The summed E-state index contributed by atoms with van der Waals surface area (Å²) in [6.07, 6.45) is 18.9. The van der Waals surface area contributed by atoms with Crippen LogP contribution in [0, 0.1) is 5.41 Å². The molecule has 1 aromatic carbocycles. The minimum absolute atomic E-state index is 0. The van der Waals surface area contributed by atoms with Crippen LogP contribution in [0.3, 0.4) is 0 Å². The van der Waals surface area contributed by atoms with Crippen LogP contribution in [0.4, 0.5) is 17.3 Å². The average molecular weight is 1170 g/mol. The Morgan fingerprint density at radius 1 is 0.658 bits per heavy atom. The van der Waals surface area contributed by atoms with Gasteiger partial charge in [0.05, 0.1) is 31.0 Å². The molecule has 18 nitrogen and oxygen atoms in total. The van der Waals surface area contributed by atoms with Crippen LogP contribution in [-0.4, -0.2) is 109 Å². The van der Waals surface area contributed by atoms with Crippen LogP contribution in [0.2, 0.25) is 0 Å². The highest BCUT2D eigenvalue weighted by Gasteiger charge is 2.37. The summed E-state index contributed by atoms with van der Waals surface area (Å²) in [6, 6.07) is 12.5. The number of aromatic amines is 1. The molecule has 380 valence electrons. The Hall–Kier alpha value is -6.12. The second-order valence-electron chi connectivity index (χ2n) is 17.4.